The lowest BCUT2D eigenvalue weighted by atomic mass is 10.0. The van der Waals surface area contributed by atoms with Gasteiger partial charge in [-0.2, -0.15) is 0 Å². The van der Waals surface area contributed by atoms with Gasteiger partial charge in [0.05, 0.1) is 24.5 Å². The number of pyridine rings is 2. The third-order valence-electron chi connectivity index (χ3n) is 7.08. The van der Waals surface area contributed by atoms with Crippen molar-refractivity contribution in [3.8, 4) is 22.9 Å². The van der Waals surface area contributed by atoms with Crippen molar-refractivity contribution < 1.29 is 22.7 Å². The SMILES string of the molecule is Cc1cc(C)c(Oc2nc(-c3cccc(CN4CCOCC4)c3)ccc2C(=O)CS(=O)(=O)c2cccc(N)n2)c(C)c1. The number of hydrogen-bond donors (Lipinski definition) is 1. The summed E-state index contributed by atoms with van der Waals surface area (Å²) >= 11 is 0. The quantitative estimate of drug-likeness (QED) is 0.272. The van der Waals surface area contributed by atoms with E-state index in [2.05, 4.69) is 22.0 Å². The first-order chi connectivity index (χ1) is 20.1. The van der Waals surface area contributed by atoms with Crippen LogP contribution in [0.3, 0.4) is 0 Å². The maximum absolute atomic E-state index is 13.5. The second kappa shape index (κ2) is 12.4. The Labute approximate surface area is 246 Å². The first-order valence-corrected chi connectivity index (χ1v) is 15.4. The van der Waals surface area contributed by atoms with Gasteiger partial charge in [0.25, 0.3) is 0 Å². The fourth-order valence-corrected chi connectivity index (χ4v) is 6.27. The number of rotatable bonds is 9. The van der Waals surface area contributed by atoms with Crippen molar-refractivity contribution in [1.29, 1.82) is 0 Å². The van der Waals surface area contributed by atoms with Crippen LogP contribution in [0.4, 0.5) is 5.82 Å². The number of Topliss-reactive ketones (excluding diaryl/α,β-unsaturated/α-hetero) is 1. The van der Waals surface area contributed by atoms with Crippen LogP contribution in [0.15, 0.2) is 71.8 Å². The minimum Gasteiger partial charge on any atom is -0.438 e. The molecule has 1 aliphatic heterocycles. The van der Waals surface area contributed by atoms with Crippen LogP contribution in [0.1, 0.15) is 32.6 Å². The predicted molar refractivity (Wildman–Crippen MR) is 162 cm³/mol. The Hall–Kier alpha value is -4.12. The summed E-state index contributed by atoms with van der Waals surface area (Å²) in [6.07, 6.45) is 0. The highest BCUT2D eigenvalue weighted by Gasteiger charge is 2.26. The highest BCUT2D eigenvalue weighted by Crippen LogP contribution is 2.33. The van der Waals surface area contributed by atoms with Gasteiger partial charge in [0, 0.05) is 25.2 Å². The van der Waals surface area contributed by atoms with Gasteiger partial charge in [0.2, 0.25) is 15.7 Å². The molecular formula is C32H34N4O5S. The number of benzene rings is 2. The van der Waals surface area contributed by atoms with Crippen LogP contribution in [0.2, 0.25) is 0 Å². The summed E-state index contributed by atoms with van der Waals surface area (Å²) in [5.74, 6) is -0.791. The fraction of sp³-hybridized carbons (Fsp3) is 0.281. The summed E-state index contributed by atoms with van der Waals surface area (Å²) in [7, 11) is -4.06. The van der Waals surface area contributed by atoms with Gasteiger partial charge in [0.15, 0.2) is 10.8 Å². The van der Waals surface area contributed by atoms with Crippen molar-refractivity contribution >= 4 is 21.4 Å². The number of nitrogens with zero attached hydrogens (tertiary/aromatic N) is 3. The average molecular weight is 587 g/mol. The monoisotopic (exact) mass is 586 g/mol. The zero-order valence-corrected chi connectivity index (χ0v) is 24.8. The van der Waals surface area contributed by atoms with E-state index >= 15 is 0 Å². The van der Waals surface area contributed by atoms with Crippen molar-refractivity contribution in [2.75, 3.05) is 37.8 Å². The average Bonchev–Trinajstić information content (AvgIpc) is 2.95. The molecule has 1 saturated heterocycles. The number of hydrogen-bond acceptors (Lipinski definition) is 9. The molecule has 0 radical (unpaired) electrons. The van der Waals surface area contributed by atoms with Crippen LogP contribution >= 0.6 is 0 Å². The number of ether oxygens (including phenoxy) is 2. The number of nitrogen functional groups attached to an aromatic ring is 1. The third-order valence-corrected chi connectivity index (χ3v) is 8.59. The molecule has 0 atom stereocenters. The molecule has 1 aliphatic rings. The smallest absolute Gasteiger partial charge is 0.230 e. The zero-order chi connectivity index (χ0) is 29.9. The number of anilines is 1. The van der Waals surface area contributed by atoms with E-state index in [1.54, 1.807) is 12.1 Å². The van der Waals surface area contributed by atoms with E-state index in [1.165, 1.54) is 18.2 Å². The Morgan fingerprint density at radius 2 is 1.67 bits per heavy atom. The standard InChI is InChI=1S/C32H34N4O5S/c1-21-16-22(2)31(23(3)17-21)41-32-26(28(37)20-42(38,39)30-9-5-8-29(33)35-30)10-11-27(34-32)25-7-4-6-24(18-25)19-36-12-14-40-15-13-36/h4-11,16-18H,12-15,19-20H2,1-3H3,(H2,33,35). The van der Waals surface area contributed by atoms with Gasteiger partial charge in [0.1, 0.15) is 17.3 Å². The lowest BCUT2D eigenvalue weighted by Gasteiger charge is -2.26. The summed E-state index contributed by atoms with van der Waals surface area (Å²) < 4.78 is 37.9. The fourth-order valence-electron chi connectivity index (χ4n) is 5.09. The van der Waals surface area contributed by atoms with Gasteiger partial charge >= 0.3 is 0 Å². The number of nitrogens with two attached hydrogens (primary N) is 1. The summed E-state index contributed by atoms with van der Waals surface area (Å²) in [6, 6.07) is 19.6. The Morgan fingerprint density at radius 1 is 0.952 bits per heavy atom. The Morgan fingerprint density at radius 3 is 2.38 bits per heavy atom. The highest BCUT2D eigenvalue weighted by molar-refractivity contribution is 7.92. The lowest BCUT2D eigenvalue weighted by Crippen LogP contribution is -2.35. The van der Waals surface area contributed by atoms with Gasteiger partial charge in [-0.1, -0.05) is 42.0 Å². The van der Waals surface area contributed by atoms with E-state index in [0.29, 0.717) is 11.4 Å². The maximum atomic E-state index is 13.5. The summed E-state index contributed by atoms with van der Waals surface area (Å²) in [5, 5.41) is -0.259. The molecule has 0 aliphatic carbocycles. The normalized spacial score (nSPS) is 14.1. The van der Waals surface area contributed by atoms with E-state index in [9.17, 15) is 13.2 Å². The van der Waals surface area contributed by atoms with Gasteiger partial charge in [-0.05, 0) is 67.8 Å². The molecule has 0 saturated carbocycles. The van der Waals surface area contributed by atoms with Crippen LogP contribution < -0.4 is 10.5 Å². The van der Waals surface area contributed by atoms with E-state index in [1.807, 2.05) is 45.0 Å². The van der Waals surface area contributed by atoms with Gasteiger partial charge in [-0.25, -0.2) is 18.4 Å². The topological polar surface area (TPSA) is 125 Å². The van der Waals surface area contributed by atoms with Crippen molar-refractivity contribution in [2.45, 2.75) is 32.3 Å². The number of carbonyl (C=O) groups is 1. The molecule has 5 rings (SSSR count). The second-order valence-corrected chi connectivity index (χ2v) is 12.5. The first-order valence-electron chi connectivity index (χ1n) is 13.7. The van der Waals surface area contributed by atoms with Crippen LogP contribution in [0, 0.1) is 20.8 Å². The molecule has 0 amide bonds. The minimum absolute atomic E-state index is 0.0434. The van der Waals surface area contributed by atoms with E-state index in [0.717, 1.165) is 60.7 Å². The Bertz CT molecular complexity index is 1710. The molecule has 0 bridgehead atoms. The summed E-state index contributed by atoms with van der Waals surface area (Å²) in [6.45, 7) is 9.82. The van der Waals surface area contributed by atoms with Crippen molar-refractivity contribution in [1.82, 2.24) is 14.9 Å². The molecular weight excluding hydrogens is 552 g/mol. The minimum atomic E-state index is -4.06. The molecule has 218 valence electrons. The van der Waals surface area contributed by atoms with Gasteiger partial charge < -0.3 is 15.2 Å². The van der Waals surface area contributed by atoms with Crippen molar-refractivity contribution in [3.05, 3.63) is 94.5 Å². The molecule has 4 aromatic rings. The largest absolute Gasteiger partial charge is 0.438 e. The Balaban J connectivity index is 1.51. The number of morpholine rings is 1. The van der Waals surface area contributed by atoms with Crippen LogP contribution in [0.25, 0.3) is 11.3 Å². The number of aromatic nitrogens is 2. The van der Waals surface area contributed by atoms with E-state index in [-0.39, 0.29) is 22.3 Å². The molecule has 0 spiro atoms. The highest BCUT2D eigenvalue weighted by atomic mass is 32.2. The van der Waals surface area contributed by atoms with Crippen LogP contribution in [0.5, 0.6) is 11.6 Å². The van der Waals surface area contributed by atoms with E-state index in [4.69, 9.17) is 20.2 Å². The maximum Gasteiger partial charge on any atom is 0.230 e. The molecule has 0 unspecified atom stereocenters. The molecule has 2 aromatic heterocycles. The molecule has 42 heavy (non-hydrogen) atoms. The summed E-state index contributed by atoms with van der Waals surface area (Å²) in [4.78, 5) is 24.5. The molecule has 10 heteroatoms. The molecule has 2 N–H and O–H groups in total. The summed E-state index contributed by atoms with van der Waals surface area (Å²) in [5.41, 5.74) is 11.2. The molecule has 9 nitrogen and oxygen atoms in total. The van der Waals surface area contributed by atoms with E-state index < -0.39 is 21.4 Å². The molecule has 1 fully saturated rings. The zero-order valence-electron chi connectivity index (χ0n) is 24.0. The predicted octanol–water partition coefficient (Wildman–Crippen LogP) is 4.93. The molecule has 3 heterocycles. The van der Waals surface area contributed by atoms with Gasteiger partial charge in [-0.3, -0.25) is 9.69 Å². The Kier molecular flexibility index (Phi) is 8.67. The molecule has 2 aromatic carbocycles. The number of ketones is 1. The van der Waals surface area contributed by atoms with Gasteiger partial charge in [-0.15, -0.1) is 0 Å². The first kappa shape index (κ1) is 29.4. The van der Waals surface area contributed by atoms with Crippen molar-refractivity contribution in [3.63, 3.8) is 0 Å². The number of aryl methyl sites for hydroxylation is 3. The number of carbonyl (C=O) groups excluding carboxylic acids is 1. The third kappa shape index (κ3) is 6.84. The number of sulfone groups is 1. The van der Waals surface area contributed by atoms with Crippen LogP contribution in [-0.4, -0.2) is 61.1 Å². The second-order valence-electron chi connectivity index (χ2n) is 10.6. The van der Waals surface area contributed by atoms with Crippen molar-refractivity contribution in [2.24, 2.45) is 0 Å². The van der Waals surface area contributed by atoms with Crippen LogP contribution in [-0.2, 0) is 21.1 Å². The lowest BCUT2D eigenvalue weighted by molar-refractivity contribution is 0.0342.